The molecule has 3 nitrogen and oxygen atoms in total. The molecular weight excluding hydrogens is 291 g/mol. The number of halogens is 2. The highest BCUT2D eigenvalue weighted by atomic mass is 35.5. The zero-order valence-corrected chi connectivity index (χ0v) is 12.1. The van der Waals surface area contributed by atoms with Crippen molar-refractivity contribution in [2.75, 3.05) is 5.32 Å². The van der Waals surface area contributed by atoms with Crippen LogP contribution in [0.25, 0.3) is 0 Å². The molecular formula is C12H10Cl2N2OS. The Kier molecular flexibility index (Phi) is 3.90. The predicted octanol–water partition coefficient (Wildman–Crippen LogP) is 4.32. The molecule has 1 N–H and O–H groups in total. The standard InChI is InChI=1S/C12H10Cl2N2OS/c1-6-7(2)18-5-9(6)12(17)16-11-10(14)3-8(13)4-15-11/h3-5H,1-2H3,(H,15,16,17). The fourth-order valence-corrected chi connectivity index (χ4v) is 2.71. The summed E-state index contributed by atoms with van der Waals surface area (Å²) in [5.41, 5.74) is 1.62. The van der Waals surface area contributed by atoms with Gasteiger partial charge in [-0.1, -0.05) is 23.2 Å². The molecule has 0 atom stereocenters. The first-order valence-electron chi connectivity index (χ1n) is 5.16. The van der Waals surface area contributed by atoms with Crippen LogP contribution in [-0.2, 0) is 0 Å². The van der Waals surface area contributed by atoms with Gasteiger partial charge in [0.05, 0.1) is 15.6 Å². The van der Waals surface area contributed by atoms with E-state index in [9.17, 15) is 4.79 Å². The first kappa shape index (κ1) is 13.3. The third-order valence-electron chi connectivity index (χ3n) is 2.57. The minimum Gasteiger partial charge on any atom is -0.305 e. The Morgan fingerprint density at radius 2 is 2.11 bits per heavy atom. The van der Waals surface area contributed by atoms with Crippen LogP contribution < -0.4 is 5.32 Å². The van der Waals surface area contributed by atoms with E-state index in [1.54, 1.807) is 11.3 Å². The Hall–Kier alpha value is -1.10. The van der Waals surface area contributed by atoms with Crippen molar-refractivity contribution in [2.24, 2.45) is 0 Å². The summed E-state index contributed by atoms with van der Waals surface area (Å²) < 4.78 is 0. The fourth-order valence-electron chi connectivity index (χ4n) is 1.42. The van der Waals surface area contributed by atoms with Gasteiger partial charge in [-0.15, -0.1) is 11.3 Å². The fraction of sp³-hybridized carbons (Fsp3) is 0.167. The first-order chi connectivity index (χ1) is 8.49. The normalized spacial score (nSPS) is 10.4. The predicted molar refractivity (Wildman–Crippen MR) is 76.0 cm³/mol. The second-order valence-corrected chi connectivity index (χ2v) is 5.70. The molecule has 1 amide bonds. The molecule has 2 aromatic heterocycles. The summed E-state index contributed by atoms with van der Waals surface area (Å²) in [5.74, 6) is 0.0999. The summed E-state index contributed by atoms with van der Waals surface area (Å²) in [4.78, 5) is 17.2. The summed E-state index contributed by atoms with van der Waals surface area (Å²) in [7, 11) is 0. The molecule has 0 radical (unpaired) electrons. The average molecular weight is 301 g/mol. The van der Waals surface area contributed by atoms with Gasteiger partial charge >= 0.3 is 0 Å². The molecule has 2 aromatic rings. The van der Waals surface area contributed by atoms with Gasteiger partial charge in [-0.2, -0.15) is 0 Å². The quantitative estimate of drug-likeness (QED) is 0.897. The molecule has 2 heterocycles. The molecule has 0 bridgehead atoms. The number of aryl methyl sites for hydroxylation is 1. The molecule has 0 aliphatic rings. The van der Waals surface area contributed by atoms with Crippen LogP contribution in [0.3, 0.4) is 0 Å². The van der Waals surface area contributed by atoms with Gasteiger partial charge in [0.1, 0.15) is 0 Å². The van der Waals surface area contributed by atoms with Gasteiger partial charge in [0.2, 0.25) is 0 Å². The molecule has 0 saturated carbocycles. The summed E-state index contributed by atoms with van der Waals surface area (Å²) in [6.45, 7) is 3.89. The number of amides is 1. The van der Waals surface area contributed by atoms with E-state index in [2.05, 4.69) is 10.3 Å². The van der Waals surface area contributed by atoms with Crippen LogP contribution in [0.5, 0.6) is 0 Å². The van der Waals surface area contributed by atoms with E-state index < -0.39 is 0 Å². The number of aromatic nitrogens is 1. The maximum Gasteiger partial charge on any atom is 0.257 e. The number of rotatable bonds is 2. The average Bonchev–Trinajstić information content (AvgIpc) is 2.64. The Bertz CT molecular complexity index is 610. The van der Waals surface area contributed by atoms with Crippen molar-refractivity contribution >= 4 is 46.3 Å². The van der Waals surface area contributed by atoms with Gasteiger partial charge in [0, 0.05) is 16.5 Å². The lowest BCUT2D eigenvalue weighted by Gasteiger charge is -2.06. The zero-order valence-electron chi connectivity index (χ0n) is 9.75. The van der Waals surface area contributed by atoms with Crippen LogP contribution in [0.1, 0.15) is 20.8 Å². The Labute approximate surface area is 119 Å². The smallest absolute Gasteiger partial charge is 0.257 e. The van der Waals surface area contributed by atoms with Crippen LogP contribution in [-0.4, -0.2) is 10.9 Å². The van der Waals surface area contributed by atoms with Gasteiger partial charge < -0.3 is 5.32 Å². The number of carbonyl (C=O) groups is 1. The molecule has 0 spiro atoms. The molecule has 18 heavy (non-hydrogen) atoms. The minimum atomic E-state index is -0.214. The summed E-state index contributed by atoms with van der Waals surface area (Å²) in [5, 5.41) is 5.25. The van der Waals surface area contributed by atoms with E-state index in [1.807, 2.05) is 19.2 Å². The highest BCUT2D eigenvalue weighted by Gasteiger charge is 2.14. The van der Waals surface area contributed by atoms with Gasteiger partial charge in [-0.3, -0.25) is 4.79 Å². The van der Waals surface area contributed by atoms with E-state index in [1.165, 1.54) is 12.3 Å². The summed E-state index contributed by atoms with van der Waals surface area (Å²) in [6.07, 6.45) is 1.44. The molecule has 2 rings (SSSR count). The monoisotopic (exact) mass is 300 g/mol. The highest BCUT2D eigenvalue weighted by Crippen LogP contribution is 2.25. The maximum absolute atomic E-state index is 12.0. The molecule has 0 unspecified atom stereocenters. The van der Waals surface area contributed by atoms with Crippen LogP contribution in [0.2, 0.25) is 10.0 Å². The van der Waals surface area contributed by atoms with Crippen molar-refractivity contribution in [3.63, 3.8) is 0 Å². The largest absolute Gasteiger partial charge is 0.305 e. The molecule has 0 aliphatic heterocycles. The van der Waals surface area contributed by atoms with Crippen molar-refractivity contribution in [1.29, 1.82) is 0 Å². The van der Waals surface area contributed by atoms with E-state index >= 15 is 0 Å². The van der Waals surface area contributed by atoms with Crippen molar-refractivity contribution in [3.05, 3.63) is 43.7 Å². The lowest BCUT2D eigenvalue weighted by atomic mass is 10.1. The van der Waals surface area contributed by atoms with Crippen molar-refractivity contribution in [2.45, 2.75) is 13.8 Å². The molecule has 6 heteroatoms. The van der Waals surface area contributed by atoms with Gasteiger partial charge in [-0.05, 0) is 25.5 Å². The number of nitrogens with zero attached hydrogens (tertiary/aromatic N) is 1. The Balaban J connectivity index is 2.24. The second kappa shape index (κ2) is 5.26. The van der Waals surface area contributed by atoms with Gasteiger partial charge in [0.15, 0.2) is 5.82 Å². The number of carbonyl (C=O) groups excluding carboxylic acids is 1. The number of hydrogen-bond donors (Lipinski definition) is 1. The third kappa shape index (κ3) is 2.66. The Morgan fingerprint density at radius 1 is 1.39 bits per heavy atom. The SMILES string of the molecule is Cc1scc(C(=O)Nc2ncc(Cl)cc2Cl)c1C. The Morgan fingerprint density at radius 3 is 2.67 bits per heavy atom. The first-order valence-corrected chi connectivity index (χ1v) is 6.79. The van der Waals surface area contributed by atoms with Crippen molar-refractivity contribution < 1.29 is 4.79 Å². The van der Waals surface area contributed by atoms with Crippen LogP contribution in [0.4, 0.5) is 5.82 Å². The molecule has 0 fully saturated rings. The van der Waals surface area contributed by atoms with Crippen molar-refractivity contribution in [3.8, 4) is 0 Å². The van der Waals surface area contributed by atoms with E-state index in [0.717, 1.165) is 10.4 Å². The lowest BCUT2D eigenvalue weighted by Crippen LogP contribution is -2.13. The number of hydrogen-bond acceptors (Lipinski definition) is 3. The number of pyridine rings is 1. The second-order valence-electron chi connectivity index (χ2n) is 3.77. The summed E-state index contributed by atoms with van der Waals surface area (Å²) >= 11 is 13.2. The lowest BCUT2D eigenvalue weighted by molar-refractivity contribution is 0.102. The highest BCUT2D eigenvalue weighted by molar-refractivity contribution is 7.10. The van der Waals surface area contributed by atoms with Gasteiger partial charge in [0.25, 0.3) is 5.91 Å². The van der Waals surface area contributed by atoms with Gasteiger partial charge in [-0.25, -0.2) is 4.98 Å². The maximum atomic E-state index is 12.0. The van der Waals surface area contributed by atoms with Crippen LogP contribution >= 0.6 is 34.5 Å². The molecule has 94 valence electrons. The zero-order chi connectivity index (χ0) is 13.3. The molecule has 0 aliphatic carbocycles. The number of thiophene rings is 1. The molecule has 0 aromatic carbocycles. The van der Waals surface area contributed by atoms with E-state index in [-0.39, 0.29) is 5.91 Å². The third-order valence-corrected chi connectivity index (χ3v) is 4.08. The van der Waals surface area contributed by atoms with E-state index in [4.69, 9.17) is 23.2 Å². The topological polar surface area (TPSA) is 42.0 Å². The minimum absolute atomic E-state index is 0.214. The van der Waals surface area contributed by atoms with Crippen molar-refractivity contribution in [1.82, 2.24) is 4.98 Å². The summed E-state index contributed by atoms with van der Waals surface area (Å²) in [6, 6.07) is 1.54. The van der Waals surface area contributed by atoms with E-state index in [0.29, 0.717) is 21.4 Å². The number of nitrogens with one attached hydrogen (secondary N) is 1. The van der Waals surface area contributed by atoms with Crippen LogP contribution in [0, 0.1) is 13.8 Å². The van der Waals surface area contributed by atoms with Crippen LogP contribution in [0.15, 0.2) is 17.6 Å². The molecule has 0 saturated heterocycles. The number of anilines is 1.